The van der Waals surface area contributed by atoms with Crippen LogP contribution >= 0.6 is 11.6 Å². The van der Waals surface area contributed by atoms with E-state index in [1.165, 1.54) is 30.1 Å². The molecular weight excluding hydrogens is 381 g/mol. The molecule has 0 aliphatic heterocycles. The van der Waals surface area contributed by atoms with Crippen LogP contribution in [-0.4, -0.2) is 25.3 Å². The van der Waals surface area contributed by atoms with Crippen molar-refractivity contribution in [2.75, 3.05) is 11.8 Å². The Morgan fingerprint density at radius 3 is 2.62 bits per heavy atom. The van der Waals surface area contributed by atoms with Crippen LogP contribution in [0.5, 0.6) is 5.75 Å². The number of nitrogens with one attached hydrogen (secondary N) is 1. The molecule has 0 saturated heterocycles. The van der Waals surface area contributed by atoms with Gasteiger partial charge in [-0.25, -0.2) is 17.5 Å². The van der Waals surface area contributed by atoms with Gasteiger partial charge in [-0.05, 0) is 29.8 Å². The molecule has 0 saturated carbocycles. The summed E-state index contributed by atoms with van der Waals surface area (Å²) in [4.78, 5) is -0.116. The summed E-state index contributed by atoms with van der Waals surface area (Å²) >= 11 is 5.86. The molecule has 0 fully saturated rings. The van der Waals surface area contributed by atoms with Gasteiger partial charge in [-0.3, -0.25) is 4.72 Å². The number of rotatable bonds is 6. The number of hydrogen-bond acceptors (Lipinski definition) is 4. The number of hydrogen-bond donors (Lipinski definition) is 1. The van der Waals surface area contributed by atoms with E-state index in [4.69, 9.17) is 16.3 Å². The SMILES string of the molecule is COc1cc(S(=O)(=O)Nc2ccnn2Cc2ccc(Cl)cc2)ccc1F. The molecule has 1 N–H and O–H groups in total. The van der Waals surface area contributed by atoms with Gasteiger partial charge < -0.3 is 4.74 Å². The molecular formula is C17H15ClFN3O3S. The normalized spacial score (nSPS) is 11.3. The van der Waals surface area contributed by atoms with Crippen molar-refractivity contribution in [1.82, 2.24) is 9.78 Å². The third kappa shape index (κ3) is 3.97. The molecule has 0 aliphatic rings. The van der Waals surface area contributed by atoms with E-state index in [2.05, 4.69) is 9.82 Å². The standard InChI is InChI=1S/C17H15ClFN3O3S/c1-25-16-10-14(6-7-15(16)19)26(23,24)21-17-8-9-20-22(17)11-12-2-4-13(18)5-3-12/h2-10,21H,11H2,1H3. The van der Waals surface area contributed by atoms with Crippen molar-refractivity contribution in [3.05, 3.63) is 71.1 Å². The lowest BCUT2D eigenvalue weighted by Crippen LogP contribution is -2.17. The van der Waals surface area contributed by atoms with Crippen LogP contribution in [-0.2, 0) is 16.6 Å². The summed E-state index contributed by atoms with van der Waals surface area (Å²) in [5, 5.41) is 4.74. The summed E-state index contributed by atoms with van der Waals surface area (Å²) in [7, 11) is -2.67. The van der Waals surface area contributed by atoms with E-state index in [1.54, 1.807) is 12.1 Å². The van der Waals surface area contributed by atoms with Gasteiger partial charge in [-0.1, -0.05) is 23.7 Å². The zero-order valence-corrected chi connectivity index (χ0v) is 15.3. The van der Waals surface area contributed by atoms with Crippen molar-refractivity contribution in [1.29, 1.82) is 0 Å². The van der Waals surface area contributed by atoms with Crippen molar-refractivity contribution in [2.45, 2.75) is 11.4 Å². The quantitative estimate of drug-likeness (QED) is 0.693. The van der Waals surface area contributed by atoms with Gasteiger partial charge in [-0.2, -0.15) is 5.10 Å². The van der Waals surface area contributed by atoms with E-state index in [0.717, 1.165) is 17.7 Å². The second kappa shape index (κ2) is 7.35. The van der Waals surface area contributed by atoms with Gasteiger partial charge in [0, 0.05) is 17.2 Å². The Morgan fingerprint density at radius 2 is 1.92 bits per heavy atom. The Hall–Kier alpha value is -2.58. The molecule has 1 heterocycles. The molecule has 0 spiro atoms. The first-order chi connectivity index (χ1) is 12.4. The van der Waals surface area contributed by atoms with Crippen LogP contribution in [0.4, 0.5) is 10.2 Å². The molecule has 3 aromatic rings. The van der Waals surface area contributed by atoms with Crippen LogP contribution in [0.2, 0.25) is 5.02 Å². The Kier molecular flexibility index (Phi) is 5.15. The third-order valence-corrected chi connectivity index (χ3v) is 5.24. The van der Waals surface area contributed by atoms with E-state index in [1.807, 2.05) is 12.1 Å². The number of halogens is 2. The van der Waals surface area contributed by atoms with E-state index < -0.39 is 15.8 Å². The molecule has 0 amide bonds. The van der Waals surface area contributed by atoms with E-state index in [-0.39, 0.29) is 16.5 Å². The van der Waals surface area contributed by atoms with Gasteiger partial charge in [0.2, 0.25) is 0 Å². The topological polar surface area (TPSA) is 73.2 Å². The second-order valence-electron chi connectivity index (χ2n) is 5.40. The van der Waals surface area contributed by atoms with Crippen LogP contribution in [0.1, 0.15) is 5.56 Å². The highest BCUT2D eigenvalue weighted by Gasteiger charge is 2.19. The highest BCUT2D eigenvalue weighted by Crippen LogP contribution is 2.23. The van der Waals surface area contributed by atoms with Gasteiger partial charge >= 0.3 is 0 Å². The van der Waals surface area contributed by atoms with Crippen molar-refractivity contribution in [3.63, 3.8) is 0 Å². The lowest BCUT2D eigenvalue weighted by atomic mass is 10.2. The molecule has 0 bridgehead atoms. The van der Waals surface area contributed by atoms with E-state index in [0.29, 0.717) is 11.6 Å². The Morgan fingerprint density at radius 1 is 1.19 bits per heavy atom. The first kappa shape index (κ1) is 18.2. The molecule has 0 atom stereocenters. The van der Waals surface area contributed by atoms with Crippen LogP contribution in [0.3, 0.4) is 0 Å². The zero-order chi connectivity index (χ0) is 18.7. The summed E-state index contributed by atoms with van der Waals surface area (Å²) in [6.07, 6.45) is 1.49. The third-order valence-electron chi connectivity index (χ3n) is 3.63. The highest BCUT2D eigenvalue weighted by molar-refractivity contribution is 7.92. The first-order valence-electron chi connectivity index (χ1n) is 7.51. The monoisotopic (exact) mass is 395 g/mol. The molecule has 0 radical (unpaired) electrons. The minimum absolute atomic E-state index is 0.116. The van der Waals surface area contributed by atoms with Gasteiger partial charge in [0.05, 0.1) is 24.7 Å². The summed E-state index contributed by atoms with van der Waals surface area (Å²) in [5.74, 6) is -0.509. The van der Waals surface area contributed by atoms with Crippen molar-refractivity contribution < 1.29 is 17.5 Å². The Bertz CT molecular complexity index is 1020. The number of ether oxygens (including phenoxy) is 1. The van der Waals surface area contributed by atoms with Gasteiger partial charge in [0.15, 0.2) is 11.6 Å². The fourth-order valence-electron chi connectivity index (χ4n) is 2.31. The lowest BCUT2D eigenvalue weighted by molar-refractivity contribution is 0.385. The maximum Gasteiger partial charge on any atom is 0.263 e. The van der Waals surface area contributed by atoms with Gasteiger partial charge in [-0.15, -0.1) is 0 Å². The molecule has 0 unspecified atom stereocenters. The molecule has 0 aliphatic carbocycles. The predicted octanol–water partition coefficient (Wildman–Crippen LogP) is 3.53. The number of sulfonamides is 1. The van der Waals surface area contributed by atoms with E-state index >= 15 is 0 Å². The fraction of sp³-hybridized carbons (Fsp3) is 0.118. The molecule has 6 nitrogen and oxygen atoms in total. The highest BCUT2D eigenvalue weighted by atomic mass is 35.5. The molecule has 3 rings (SSSR count). The van der Waals surface area contributed by atoms with Crippen LogP contribution < -0.4 is 9.46 Å². The number of benzene rings is 2. The minimum atomic E-state index is -3.93. The van der Waals surface area contributed by atoms with Crippen LogP contribution in [0.15, 0.2) is 59.6 Å². The smallest absolute Gasteiger partial charge is 0.263 e. The minimum Gasteiger partial charge on any atom is -0.494 e. The maximum absolute atomic E-state index is 13.5. The van der Waals surface area contributed by atoms with Gasteiger partial charge in [0.25, 0.3) is 10.0 Å². The average Bonchev–Trinajstić information content (AvgIpc) is 3.03. The molecule has 136 valence electrons. The fourth-order valence-corrected chi connectivity index (χ4v) is 3.51. The van der Waals surface area contributed by atoms with Crippen LogP contribution in [0, 0.1) is 5.82 Å². The maximum atomic E-state index is 13.5. The van der Waals surface area contributed by atoms with Crippen molar-refractivity contribution in [3.8, 4) is 5.75 Å². The number of methoxy groups -OCH3 is 1. The average molecular weight is 396 g/mol. The molecule has 2 aromatic carbocycles. The van der Waals surface area contributed by atoms with Crippen molar-refractivity contribution >= 4 is 27.4 Å². The van der Waals surface area contributed by atoms with E-state index in [9.17, 15) is 12.8 Å². The Labute approximate surface area is 155 Å². The molecule has 26 heavy (non-hydrogen) atoms. The summed E-state index contributed by atoms with van der Waals surface area (Å²) < 4.78 is 47.5. The Balaban J connectivity index is 1.85. The first-order valence-corrected chi connectivity index (χ1v) is 9.38. The zero-order valence-electron chi connectivity index (χ0n) is 13.7. The summed E-state index contributed by atoms with van der Waals surface area (Å²) in [6, 6.07) is 12.0. The predicted molar refractivity (Wildman–Crippen MR) is 96.5 cm³/mol. The summed E-state index contributed by atoms with van der Waals surface area (Å²) in [5.41, 5.74) is 0.905. The van der Waals surface area contributed by atoms with Gasteiger partial charge in [0.1, 0.15) is 5.82 Å². The lowest BCUT2D eigenvalue weighted by Gasteiger charge is -2.12. The van der Waals surface area contributed by atoms with Crippen LogP contribution in [0.25, 0.3) is 0 Å². The number of anilines is 1. The largest absolute Gasteiger partial charge is 0.494 e. The number of nitrogens with zero attached hydrogens (tertiary/aromatic N) is 2. The second-order valence-corrected chi connectivity index (χ2v) is 7.52. The molecule has 9 heteroatoms. The van der Waals surface area contributed by atoms with Crippen molar-refractivity contribution in [2.24, 2.45) is 0 Å². The molecule has 1 aromatic heterocycles. The summed E-state index contributed by atoms with van der Waals surface area (Å²) in [6.45, 7) is 0.356. The number of aromatic nitrogens is 2.